The van der Waals surface area contributed by atoms with E-state index in [4.69, 9.17) is 11.6 Å². The Hall–Kier alpha value is -1.85. The Morgan fingerprint density at radius 2 is 2.00 bits per heavy atom. The van der Waals surface area contributed by atoms with Crippen molar-refractivity contribution < 1.29 is 4.79 Å². The van der Waals surface area contributed by atoms with E-state index in [9.17, 15) is 4.79 Å². The van der Waals surface area contributed by atoms with Crippen LogP contribution in [0, 0.1) is 0 Å². The van der Waals surface area contributed by atoms with E-state index in [-0.39, 0.29) is 11.9 Å². The fourth-order valence-corrected chi connectivity index (χ4v) is 3.41. The summed E-state index contributed by atoms with van der Waals surface area (Å²) in [6, 6.07) is 9.60. The van der Waals surface area contributed by atoms with Crippen LogP contribution in [0.5, 0.6) is 0 Å². The number of halogens is 1. The van der Waals surface area contributed by atoms with Gasteiger partial charge in [-0.2, -0.15) is 5.10 Å². The van der Waals surface area contributed by atoms with Crippen molar-refractivity contribution >= 4 is 39.1 Å². The number of aromatic nitrogens is 2. The third-order valence-electron chi connectivity index (χ3n) is 3.27. The van der Waals surface area contributed by atoms with Crippen molar-refractivity contribution in [3.63, 3.8) is 0 Å². The van der Waals surface area contributed by atoms with Crippen molar-refractivity contribution in [1.82, 2.24) is 15.1 Å². The van der Waals surface area contributed by atoms with Gasteiger partial charge in [-0.05, 0) is 32.0 Å². The first-order valence-electron chi connectivity index (χ1n) is 6.99. The van der Waals surface area contributed by atoms with Crippen LogP contribution in [0.15, 0.2) is 30.3 Å². The van der Waals surface area contributed by atoms with Crippen LogP contribution in [0.25, 0.3) is 21.5 Å². The zero-order valence-corrected chi connectivity index (χ0v) is 14.1. The van der Waals surface area contributed by atoms with Gasteiger partial charge in [0.1, 0.15) is 10.5 Å². The van der Waals surface area contributed by atoms with Crippen LogP contribution in [0.4, 0.5) is 0 Å². The molecule has 3 aromatic rings. The fourth-order valence-electron chi connectivity index (χ4n) is 2.31. The van der Waals surface area contributed by atoms with Crippen molar-refractivity contribution in [3.05, 3.63) is 40.2 Å². The molecule has 1 amide bonds. The third kappa shape index (κ3) is 2.74. The average molecular weight is 334 g/mol. The average Bonchev–Trinajstić information content (AvgIpc) is 3.00. The molecule has 2 heterocycles. The summed E-state index contributed by atoms with van der Waals surface area (Å²) in [5, 5.41) is 9.17. The monoisotopic (exact) mass is 333 g/mol. The number of carbonyl (C=O) groups is 1. The van der Waals surface area contributed by atoms with Crippen LogP contribution in [-0.4, -0.2) is 21.7 Å². The van der Waals surface area contributed by atoms with Crippen molar-refractivity contribution in [2.75, 3.05) is 0 Å². The smallest absolute Gasteiger partial charge is 0.261 e. The second-order valence-electron chi connectivity index (χ2n) is 5.44. The number of carbonyl (C=O) groups excluding carboxylic acids is 1. The maximum absolute atomic E-state index is 12.2. The third-order valence-corrected chi connectivity index (χ3v) is 4.73. The van der Waals surface area contributed by atoms with Gasteiger partial charge in [-0.25, -0.2) is 0 Å². The molecule has 0 saturated carbocycles. The van der Waals surface area contributed by atoms with Crippen LogP contribution in [0.2, 0.25) is 5.02 Å². The number of amides is 1. The molecule has 0 aliphatic rings. The van der Waals surface area contributed by atoms with Crippen molar-refractivity contribution in [1.29, 1.82) is 0 Å². The molecule has 0 radical (unpaired) electrons. The van der Waals surface area contributed by atoms with Crippen LogP contribution in [0.1, 0.15) is 23.5 Å². The predicted octanol–water partition coefficient (Wildman–Crippen LogP) is 4.09. The van der Waals surface area contributed by atoms with Gasteiger partial charge >= 0.3 is 0 Å². The largest absolute Gasteiger partial charge is 0.349 e. The molecule has 0 bridgehead atoms. The Balaban J connectivity index is 2.07. The van der Waals surface area contributed by atoms with Crippen molar-refractivity contribution in [2.24, 2.45) is 7.05 Å². The summed E-state index contributed by atoms with van der Waals surface area (Å²) in [4.78, 5) is 13.9. The first kappa shape index (κ1) is 15.1. The SMILES string of the molecule is CC(C)NC(=O)c1cc2c(-c3ccc(Cl)cc3)nn(C)c2s1. The van der Waals surface area contributed by atoms with Crippen molar-refractivity contribution in [2.45, 2.75) is 19.9 Å². The first-order valence-corrected chi connectivity index (χ1v) is 8.18. The molecule has 0 atom stereocenters. The second kappa shape index (κ2) is 5.74. The number of rotatable bonds is 3. The minimum absolute atomic E-state index is 0.0433. The standard InChI is InChI=1S/C16H16ClN3OS/c1-9(2)18-15(21)13-8-12-14(19-20(3)16(12)22-13)10-4-6-11(17)7-5-10/h4-9H,1-3H3,(H,18,21). The molecule has 6 heteroatoms. The van der Waals surface area contributed by atoms with Crippen LogP contribution < -0.4 is 5.32 Å². The fraction of sp³-hybridized carbons (Fsp3) is 0.250. The topological polar surface area (TPSA) is 46.9 Å². The van der Waals surface area contributed by atoms with Gasteiger partial charge in [0.15, 0.2) is 0 Å². The Morgan fingerprint density at radius 1 is 1.32 bits per heavy atom. The molecule has 4 nitrogen and oxygen atoms in total. The van der Waals surface area contributed by atoms with E-state index in [1.165, 1.54) is 11.3 Å². The molecular formula is C16H16ClN3OS. The van der Waals surface area contributed by atoms with E-state index in [2.05, 4.69) is 10.4 Å². The zero-order valence-electron chi connectivity index (χ0n) is 12.6. The van der Waals surface area contributed by atoms with Gasteiger partial charge in [-0.1, -0.05) is 23.7 Å². The molecule has 114 valence electrons. The number of hydrogen-bond acceptors (Lipinski definition) is 3. The minimum atomic E-state index is -0.0433. The lowest BCUT2D eigenvalue weighted by Gasteiger charge is -2.05. The molecule has 3 rings (SSSR count). The minimum Gasteiger partial charge on any atom is -0.349 e. The zero-order chi connectivity index (χ0) is 15.9. The number of hydrogen-bond donors (Lipinski definition) is 1. The molecule has 0 saturated heterocycles. The van der Waals surface area contributed by atoms with Crippen LogP contribution in [-0.2, 0) is 7.05 Å². The quantitative estimate of drug-likeness (QED) is 0.784. The summed E-state index contributed by atoms with van der Waals surface area (Å²) >= 11 is 7.40. The van der Waals surface area contributed by atoms with Crippen molar-refractivity contribution in [3.8, 4) is 11.3 Å². The Morgan fingerprint density at radius 3 is 2.64 bits per heavy atom. The van der Waals surface area contributed by atoms with E-state index in [1.54, 1.807) is 0 Å². The van der Waals surface area contributed by atoms with Gasteiger partial charge in [-0.3, -0.25) is 9.48 Å². The number of fused-ring (bicyclic) bond motifs is 1. The number of nitrogens with one attached hydrogen (secondary N) is 1. The second-order valence-corrected chi connectivity index (χ2v) is 6.90. The number of aryl methyl sites for hydroxylation is 1. The van der Waals surface area contributed by atoms with E-state index in [0.717, 1.165) is 21.5 Å². The molecule has 0 aliphatic heterocycles. The molecule has 22 heavy (non-hydrogen) atoms. The van der Waals surface area contributed by atoms with Gasteiger partial charge in [0, 0.05) is 29.1 Å². The maximum Gasteiger partial charge on any atom is 0.261 e. The molecule has 1 N–H and O–H groups in total. The molecule has 2 aromatic heterocycles. The van der Waals surface area contributed by atoms with Gasteiger partial charge in [-0.15, -0.1) is 11.3 Å². The molecule has 0 aliphatic carbocycles. The summed E-state index contributed by atoms with van der Waals surface area (Å²) < 4.78 is 1.82. The highest BCUT2D eigenvalue weighted by atomic mass is 35.5. The molecule has 0 spiro atoms. The number of benzene rings is 1. The normalized spacial score (nSPS) is 11.3. The lowest BCUT2D eigenvalue weighted by atomic mass is 10.1. The van der Waals surface area contributed by atoms with Crippen LogP contribution in [0.3, 0.4) is 0 Å². The van der Waals surface area contributed by atoms with E-state index in [1.807, 2.05) is 55.9 Å². The highest BCUT2D eigenvalue weighted by molar-refractivity contribution is 7.20. The van der Waals surface area contributed by atoms with Gasteiger partial charge in [0.25, 0.3) is 5.91 Å². The molecular weight excluding hydrogens is 318 g/mol. The Kier molecular flexibility index (Phi) is 3.93. The molecule has 0 unspecified atom stereocenters. The lowest BCUT2D eigenvalue weighted by Crippen LogP contribution is -2.29. The van der Waals surface area contributed by atoms with Gasteiger partial charge < -0.3 is 5.32 Å². The molecule has 0 fully saturated rings. The lowest BCUT2D eigenvalue weighted by molar-refractivity contribution is 0.0947. The highest BCUT2D eigenvalue weighted by Gasteiger charge is 2.18. The first-order chi connectivity index (χ1) is 10.5. The van der Waals surface area contributed by atoms with E-state index >= 15 is 0 Å². The predicted molar refractivity (Wildman–Crippen MR) is 91.6 cm³/mol. The summed E-state index contributed by atoms with van der Waals surface area (Å²) in [5.74, 6) is -0.0433. The van der Waals surface area contributed by atoms with E-state index in [0.29, 0.717) is 9.90 Å². The van der Waals surface area contributed by atoms with Crippen LogP contribution >= 0.6 is 22.9 Å². The Bertz CT molecular complexity index is 833. The summed E-state index contributed by atoms with van der Waals surface area (Å²) in [7, 11) is 1.89. The summed E-state index contributed by atoms with van der Waals surface area (Å²) in [6.45, 7) is 3.90. The number of thiophene rings is 1. The maximum atomic E-state index is 12.2. The number of nitrogens with zero attached hydrogens (tertiary/aromatic N) is 2. The Labute approximate surface area is 137 Å². The summed E-state index contributed by atoms with van der Waals surface area (Å²) in [6.07, 6.45) is 0. The van der Waals surface area contributed by atoms with Gasteiger partial charge in [0.2, 0.25) is 0 Å². The van der Waals surface area contributed by atoms with Gasteiger partial charge in [0.05, 0.1) is 4.88 Å². The highest BCUT2D eigenvalue weighted by Crippen LogP contribution is 2.34. The molecule has 1 aromatic carbocycles. The van der Waals surface area contributed by atoms with E-state index < -0.39 is 0 Å². The summed E-state index contributed by atoms with van der Waals surface area (Å²) in [5.41, 5.74) is 1.86.